The fraction of sp³-hybridized carbons (Fsp3) is 0.350. The number of sulfonamides is 1. The monoisotopic (exact) mass is 387 g/mol. The number of nitrogens with one attached hydrogen (secondary N) is 3. The standard InChI is InChI=1S/C20H25N3O3S/c1-14-7-9-17(10-8-14)27(25,26)23-19-6-4-3-5-18(19)20(24)22-16-11-12-21-15(2)13-16/h3-10,15-16,21,23H,11-13H2,1-2H3,(H,22,24). The van der Waals surface area contributed by atoms with Crippen LogP contribution in [0.1, 0.15) is 35.7 Å². The van der Waals surface area contributed by atoms with Crippen LogP contribution >= 0.6 is 0 Å². The van der Waals surface area contributed by atoms with Gasteiger partial charge in [0.15, 0.2) is 0 Å². The second kappa shape index (κ2) is 8.10. The quantitative estimate of drug-likeness (QED) is 0.736. The third-order valence-corrected chi connectivity index (χ3v) is 6.09. The fourth-order valence-corrected chi connectivity index (χ4v) is 4.30. The van der Waals surface area contributed by atoms with Gasteiger partial charge in [0.05, 0.1) is 16.1 Å². The van der Waals surface area contributed by atoms with Crippen molar-refractivity contribution in [3.8, 4) is 0 Å². The molecule has 1 heterocycles. The summed E-state index contributed by atoms with van der Waals surface area (Å²) in [6.45, 7) is 4.83. The smallest absolute Gasteiger partial charge is 0.261 e. The minimum Gasteiger partial charge on any atom is -0.349 e. The van der Waals surface area contributed by atoms with E-state index in [0.717, 1.165) is 24.9 Å². The first-order valence-electron chi connectivity index (χ1n) is 9.08. The van der Waals surface area contributed by atoms with Gasteiger partial charge in [0, 0.05) is 12.1 Å². The van der Waals surface area contributed by atoms with Gasteiger partial charge in [-0.25, -0.2) is 8.42 Å². The molecule has 2 aromatic carbocycles. The Bertz CT molecular complexity index is 910. The van der Waals surface area contributed by atoms with Crippen LogP contribution in [0.4, 0.5) is 5.69 Å². The van der Waals surface area contributed by atoms with Crippen LogP contribution in [0, 0.1) is 6.92 Å². The number of hydrogen-bond acceptors (Lipinski definition) is 4. The van der Waals surface area contributed by atoms with Crippen LogP contribution in [0.25, 0.3) is 0 Å². The van der Waals surface area contributed by atoms with Crippen molar-refractivity contribution >= 4 is 21.6 Å². The molecule has 0 spiro atoms. The van der Waals surface area contributed by atoms with E-state index in [1.807, 2.05) is 6.92 Å². The molecule has 0 aromatic heterocycles. The molecule has 0 radical (unpaired) electrons. The zero-order valence-electron chi connectivity index (χ0n) is 15.5. The molecule has 1 amide bonds. The van der Waals surface area contributed by atoms with Crippen molar-refractivity contribution in [2.45, 2.75) is 43.7 Å². The summed E-state index contributed by atoms with van der Waals surface area (Å²) in [4.78, 5) is 12.9. The fourth-order valence-electron chi connectivity index (χ4n) is 3.22. The summed E-state index contributed by atoms with van der Waals surface area (Å²) in [5.41, 5.74) is 1.57. The van der Waals surface area contributed by atoms with Gasteiger partial charge in [-0.3, -0.25) is 9.52 Å². The largest absolute Gasteiger partial charge is 0.349 e. The van der Waals surface area contributed by atoms with E-state index in [9.17, 15) is 13.2 Å². The van der Waals surface area contributed by atoms with Gasteiger partial charge in [-0.2, -0.15) is 0 Å². The highest BCUT2D eigenvalue weighted by atomic mass is 32.2. The molecular weight excluding hydrogens is 362 g/mol. The van der Waals surface area contributed by atoms with Gasteiger partial charge in [0.25, 0.3) is 15.9 Å². The first-order chi connectivity index (χ1) is 12.8. The molecule has 27 heavy (non-hydrogen) atoms. The Kier molecular flexibility index (Phi) is 5.82. The van der Waals surface area contributed by atoms with Crippen LogP contribution in [-0.2, 0) is 10.0 Å². The van der Waals surface area contributed by atoms with Gasteiger partial charge in [-0.15, -0.1) is 0 Å². The number of hydrogen-bond donors (Lipinski definition) is 3. The molecular formula is C20H25N3O3S. The first kappa shape index (κ1) is 19.4. The number of anilines is 1. The van der Waals surface area contributed by atoms with Crippen LogP contribution in [0.3, 0.4) is 0 Å². The highest BCUT2D eigenvalue weighted by Crippen LogP contribution is 2.21. The van der Waals surface area contributed by atoms with E-state index in [0.29, 0.717) is 11.6 Å². The predicted octanol–water partition coefficient (Wildman–Crippen LogP) is 2.67. The number of rotatable bonds is 5. The van der Waals surface area contributed by atoms with Crippen molar-refractivity contribution in [2.75, 3.05) is 11.3 Å². The lowest BCUT2D eigenvalue weighted by molar-refractivity contribution is 0.0926. The molecule has 2 atom stereocenters. The molecule has 1 fully saturated rings. The van der Waals surface area contributed by atoms with Gasteiger partial charge >= 0.3 is 0 Å². The Labute approximate surface area is 160 Å². The van der Waals surface area contributed by atoms with Gasteiger partial charge < -0.3 is 10.6 Å². The molecule has 1 aliphatic heterocycles. The zero-order chi connectivity index (χ0) is 19.4. The Morgan fingerprint density at radius 2 is 1.81 bits per heavy atom. The average molecular weight is 388 g/mol. The summed E-state index contributed by atoms with van der Waals surface area (Å²) in [6.07, 6.45) is 1.70. The molecule has 0 saturated carbocycles. The lowest BCUT2D eigenvalue weighted by Crippen LogP contribution is -2.46. The normalized spacial score (nSPS) is 20.1. The van der Waals surface area contributed by atoms with E-state index < -0.39 is 10.0 Å². The molecule has 0 aliphatic carbocycles. The van der Waals surface area contributed by atoms with E-state index in [2.05, 4.69) is 22.3 Å². The van der Waals surface area contributed by atoms with Crippen LogP contribution in [0.15, 0.2) is 53.4 Å². The number of benzene rings is 2. The van der Waals surface area contributed by atoms with Crippen molar-refractivity contribution < 1.29 is 13.2 Å². The van der Waals surface area contributed by atoms with Crippen LogP contribution < -0.4 is 15.4 Å². The number of amides is 1. The number of piperidine rings is 1. The Morgan fingerprint density at radius 3 is 2.52 bits per heavy atom. The first-order valence-corrected chi connectivity index (χ1v) is 10.6. The number of carbonyl (C=O) groups is 1. The number of para-hydroxylation sites is 1. The predicted molar refractivity (Wildman–Crippen MR) is 106 cm³/mol. The van der Waals surface area contributed by atoms with Crippen molar-refractivity contribution in [1.29, 1.82) is 0 Å². The van der Waals surface area contributed by atoms with Crippen LogP contribution in [0.5, 0.6) is 0 Å². The maximum absolute atomic E-state index is 12.7. The van der Waals surface area contributed by atoms with Crippen molar-refractivity contribution in [3.05, 3.63) is 59.7 Å². The summed E-state index contributed by atoms with van der Waals surface area (Å²) in [5.74, 6) is -0.267. The third-order valence-electron chi connectivity index (χ3n) is 4.71. The van der Waals surface area contributed by atoms with Crippen molar-refractivity contribution in [2.24, 2.45) is 0 Å². The minimum absolute atomic E-state index is 0.0792. The van der Waals surface area contributed by atoms with E-state index in [-0.39, 0.29) is 22.5 Å². The molecule has 1 saturated heterocycles. The summed E-state index contributed by atoms with van der Waals surface area (Å²) in [7, 11) is -3.77. The molecule has 2 unspecified atom stereocenters. The second-order valence-corrected chi connectivity index (χ2v) is 8.70. The molecule has 3 N–H and O–H groups in total. The second-order valence-electron chi connectivity index (χ2n) is 7.01. The SMILES string of the molecule is Cc1ccc(S(=O)(=O)Nc2ccccc2C(=O)NC2CCNC(C)C2)cc1. The Balaban J connectivity index is 1.79. The molecule has 0 bridgehead atoms. The van der Waals surface area contributed by atoms with E-state index >= 15 is 0 Å². The molecule has 1 aliphatic rings. The van der Waals surface area contributed by atoms with Gasteiger partial charge in [0.2, 0.25) is 0 Å². The van der Waals surface area contributed by atoms with Gasteiger partial charge in [0.1, 0.15) is 0 Å². The average Bonchev–Trinajstić information content (AvgIpc) is 2.62. The number of aryl methyl sites for hydroxylation is 1. The van der Waals surface area contributed by atoms with Gasteiger partial charge in [-0.1, -0.05) is 29.8 Å². The minimum atomic E-state index is -3.77. The summed E-state index contributed by atoms with van der Waals surface area (Å²) in [5, 5.41) is 6.37. The van der Waals surface area contributed by atoms with E-state index in [1.165, 1.54) is 0 Å². The topological polar surface area (TPSA) is 87.3 Å². The van der Waals surface area contributed by atoms with E-state index in [4.69, 9.17) is 0 Å². The Morgan fingerprint density at radius 1 is 1.11 bits per heavy atom. The Hall–Kier alpha value is -2.38. The molecule has 6 nitrogen and oxygen atoms in total. The molecule has 2 aromatic rings. The summed E-state index contributed by atoms with van der Waals surface area (Å²) >= 11 is 0. The van der Waals surface area contributed by atoms with E-state index in [1.54, 1.807) is 48.5 Å². The highest BCUT2D eigenvalue weighted by Gasteiger charge is 2.23. The number of carbonyl (C=O) groups excluding carboxylic acids is 1. The van der Waals surface area contributed by atoms with Crippen LogP contribution in [0.2, 0.25) is 0 Å². The van der Waals surface area contributed by atoms with Gasteiger partial charge in [-0.05, 0) is 57.5 Å². The highest BCUT2D eigenvalue weighted by molar-refractivity contribution is 7.92. The molecule has 3 rings (SSSR count). The molecule has 144 valence electrons. The zero-order valence-corrected chi connectivity index (χ0v) is 16.3. The van der Waals surface area contributed by atoms with Crippen molar-refractivity contribution in [3.63, 3.8) is 0 Å². The van der Waals surface area contributed by atoms with Crippen molar-refractivity contribution in [1.82, 2.24) is 10.6 Å². The molecule has 7 heteroatoms. The maximum atomic E-state index is 12.7. The lowest BCUT2D eigenvalue weighted by atomic mass is 10.00. The third kappa shape index (κ3) is 4.87. The van der Waals surface area contributed by atoms with Crippen LogP contribution in [-0.4, -0.2) is 33.0 Å². The maximum Gasteiger partial charge on any atom is 0.261 e. The lowest BCUT2D eigenvalue weighted by Gasteiger charge is -2.28. The summed E-state index contributed by atoms with van der Waals surface area (Å²) in [6, 6.07) is 13.7. The summed E-state index contributed by atoms with van der Waals surface area (Å²) < 4.78 is 27.9.